The van der Waals surface area contributed by atoms with Crippen molar-refractivity contribution in [3.8, 4) is 11.5 Å². The smallest absolute Gasteiger partial charge is 0.490 e. The van der Waals surface area contributed by atoms with Gasteiger partial charge in [0.2, 0.25) is 0 Å². The second-order valence-corrected chi connectivity index (χ2v) is 5.28. The van der Waals surface area contributed by atoms with E-state index >= 15 is 0 Å². The van der Waals surface area contributed by atoms with Gasteiger partial charge in [-0.15, -0.1) is 0 Å². The highest BCUT2D eigenvalue weighted by atomic mass is 19.4. The van der Waals surface area contributed by atoms with Gasteiger partial charge in [0.15, 0.2) is 11.5 Å². The number of nitrogens with one attached hydrogen (secondary N) is 1. The summed E-state index contributed by atoms with van der Waals surface area (Å²) in [5.74, 6) is -1.55. The number of nitrogens with two attached hydrogens (primary N) is 1. The number of halogens is 3. The number of hydrogen-bond donors (Lipinski definition) is 2. The van der Waals surface area contributed by atoms with E-state index in [1.54, 1.807) is 30.3 Å². The number of esters is 1. The molecule has 2 aromatic carbocycles. The largest absolute Gasteiger partial charge is 0.493 e. The third-order valence-corrected chi connectivity index (χ3v) is 3.47. The van der Waals surface area contributed by atoms with Crippen molar-refractivity contribution in [3.05, 3.63) is 35.9 Å². The van der Waals surface area contributed by atoms with Gasteiger partial charge in [-0.1, -0.05) is 18.2 Å². The molecule has 3 N–H and O–H groups in total. The predicted molar refractivity (Wildman–Crippen MR) is 88.6 cm³/mol. The number of carbonyl (C=O) groups is 1. The lowest BCUT2D eigenvalue weighted by atomic mass is 10.0. The van der Waals surface area contributed by atoms with E-state index in [-0.39, 0.29) is 18.9 Å². The Balaban J connectivity index is 2.11. The second-order valence-electron chi connectivity index (χ2n) is 5.28. The minimum atomic E-state index is -5.01. The number of hydrogen-bond acceptors (Lipinski definition) is 5. The fourth-order valence-electron chi connectivity index (χ4n) is 2.23. The lowest BCUT2D eigenvalue weighted by molar-refractivity contribution is -0.199. The Labute approximate surface area is 147 Å². The number of amidine groups is 1. The van der Waals surface area contributed by atoms with Gasteiger partial charge in [-0.05, 0) is 17.5 Å². The average Bonchev–Trinajstić information content (AvgIpc) is 2.59. The molecular formula is C17H17F3N2O4. The topological polar surface area (TPSA) is 94.6 Å². The number of fused-ring (bicyclic) bond motifs is 1. The van der Waals surface area contributed by atoms with Gasteiger partial charge >= 0.3 is 12.1 Å². The van der Waals surface area contributed by atoms with Crippen LogP contribution in [0.4, 0.5) is 13.2 Å². The van der Waals surface area contributed by atoms with Gasteiger partial charge < -0.3 is 19.9 Å². The Morgan fingerprint density at radius 2 is 1.88 bits per heavy atom. The number of rotatable bonds is 7. The summed E-state index contributed by atoms with van der Waals surface area (Å²) in [5.41, 5.74) is 5.99. The molecule has 0 saturated heterocycles. The predicted octanol–water partition coefficient (Wildman–Crippen LogP) is 3.01. The summed E-state index contributed by atoms with van der Waals surface area (Å²) in [5, 5.41) is 8.99. The average molecular weight is 370 g/mol. The molecule has 9 heteroatoms. The van der Waals surface area contributed by atoms with Crippen LogP contribution in [0.5, 0.6) is 11.5 Å². The van der Waals surface area contributed by atoms with E-state index in [1.165, 1.54) is 7.11 Å². The molecule has 0 unspecified atom stereocenters. The van der Waals surface area contributed by atoms with Crippen LogP contribution in [0.15, 0.2) is 30.3 Å². The molecule has 0 amide bonds. The maximum atomic E-state index is 12.0. The molecule has 2 aromatic rings. The molecule has 0 aliphatic carbocycles. The molecule has 0 aliphatic heterocycles. The van der Waals surface area contributed by atoms with Gasteiger partial charge in [0.25, 0.3) is 0 Å². The van der Waals surface area contributed by atoms with E-state index in [0.717, 1.165) is 5.39 Å². The number of ether oxygens (including phenoxy) is 3. The molecule has 26 heavy (non-hydrogen) atoms. The third kappa shape index (κ3) is 4.56. The van der Waals surface area contributed by atoms with Gasteiger partial charge in [-0.2, -0.15) is 13.2 Å². The standard InChI is InChI=1S/C17H17F3N2O4/c1-24-13-6-5-10-3-4-11(15(21)22)9-12(10)14(13)25-7-2-8-26-16(23)17(18,19)20/h3-6,9H,2,7-8H2,1H3,(H3,21,22). The van der Waals surface area contributed by atoms with Crippen molar-refractivity contribution in [1.29, 1.82) is 5.41 Å². The van der Waals surface area contributed by atoms with Crippen molar-refractivity contribution in [3.63, 3.8) is 0 Å². The van der Waals surface area contributed by atoms with E-state index in [2.05, 4.69) is 4.74 Å². The SMILES string of the molecule is COc1ccc2ccc(C(=N)N)cc2c1OCCCOC(=O)C(F)(F)F. The van der Waals surface area contributed by atoms with Crippen LogP contribution in [0.3, 0.4) is 0 Å². The molecule has 0 atom stereocenters. The van der Waals surface area contributed by atoms with Crippen LogP contribution in [-0.2, 0) is 9.53 Å². The summed E-state index contributed by atoms with van der Waals surface area (Å²) in [6, 6.07) is 8.62. The van der Waals surface area contributed by atoms with Crippen molar-refractivity contribution in [2.24, 2.45) is 5.73 Å². The Hall–Kier alpha value is -2.97. The first kappa shape index (κ1) is 19.4. The van der Waals surface area contributed by atoms with Crippen LogP contribution in [-0.4, -0.2) is 38.3 Å². The minimum Gasteiger partial charge on any atom is -0.493 e. The molecule has 2 rings (SSSR count). The van der Waals surface area contributed by atoms with Crippen LogP contribution in [0.25, 0.3) is 10.8 Å². The first-order valence-corrected chi connectivity index (χ1v) is 7.56. The maximum Gasteiger partial charge on any atom is 0.490 e. The van der Waals surface area contributed by atoms with Crippen LogP contribution in [0, 0.1) is 5.41 Å². The van der Waals surface area contributed by atoms with Gasteiger partial charge in [0.05, 0.1) is 20.3 Å². The zero-order valence-electron chi connectivity index (χ0n) is 13.9. The summed E-state index contributed by atoms with van der Waals surface area (Å²) in [6.45, 7) is -0.422. The Bertz CT molecular complexity index is 821. The number of methoxy groups -OCH3 is 1. The van der Waals surface area contributed by atoms with Gasteiger partial charge in [0, 0.05) is 17.4 Å². The molecule has 6 nitrogen and oxygen atoms in total. The van der Waals surface area contributed by atoms with E-state index in [0.29, 0.717) is 22.4 Å². The maximum absolute atomic E-state index is 12.0. The van der Waals surface area contributed by atoms with Crippen molar-refractivity contribution >= 4 is 22.6 Å². The highest BCUT2D eigenvalue weighted by Crippen LogP contribution is 2.36. The lowest BCUT2D eigenvalue weighted by Crippen LogP contribution is -2.26. The monoisotopic (exact) mass is 370 g/mol. The van der Waals surface area contributed by atoms with Crippen molar-refractivity contribution in [2.45, 2.75) is 12.6 Å². The van der Waals surface area contributed by atoms with E-state index in [1.807, 2.05) is 0 Å². The molecule has 0 heterocycles. The van der Waals surface area contributed by atoms with Gasteiger partial charge in [0.1, 0.15) is 5.84 Å². The van der Waals surface area contributed by atoms with Crippen LogP contribution < -0.4 is 15.2 Å². The fraction of sp³-hybridized carbons (Fsp3) is 0.294. The summed E-state index contributed by atoms with van der Waals surface area (Å²) >= 11 is 0. The first-order valence-electron chi connectivity index (χ1n) is 7.56. The molecule has 0 radical (unpaired) electrons. The van der Waals surface area contributed by atoms with E-state index in [9.17, 15) is 18.0 Å². The van der Waals surface area contributed by atoms with E-state index < -0.39 is 18.8 Å². The zero-order valence-corrected chi connectivity index (χ0v) is 13.9. The van der Waals surface area contributed by atoms with E-state index in [4.69, 9.17) is 20.6 Å². The zero-order chi connectivity index (χ0) is 19.3. The molecule has 0 spiro atoms. The number of carbonyl (C=O) groups excluding carboxylic acids is 1. The molecular weight excluding hydrogens is 353 g/mol. The minimum absolute atomic E-state index is 0.00487. The third-order valence-electron chi connectivity index (χ3n) is 3.47. The summed E-state index contributed by atoms with van der Waals surface area (Å²) in [7, 11) is 1.45. The summed E-state index contributed by atoms with van der Waals surface area (Å²) in [4.78, 5) is 10.6. The highest BCUT2D eigenvalue weighted by molar-refractivity contribution is 6.01. The molecule has 0 fully saturated rings. The van der Waals surface area contributed by atoms with Crippen molar-refractivity contribution in [1.82, 2.24) is 0 Å². The van der Waals surface area contributed by atoms with Crippen LogP contribution in [0.1, 0.15) is 12.0 Å². The number of nitrogen functional groups attached to an aromatic ring is 1. The molecule has 140 valence electrons. The molecule has 0 aliphatic rings. The Morgan fingerprint density at radius 1 is 1.19 bits per heavy atom. The molecule has 0 aromatic heterocycles. The quantitative estimate of drug-likeness (QED) is 0.338. The van der Waals surface area contributed by atoms with Crippen LogP contribution in [0.2, 0.25) is 0 Å². The van der Waals surface area contributed by atoms with Crippen molar-refractivity contribution in [2.75, 3.05) is 20.3 Å². The normalized spacial score (nSPS) is 11.2. The van der Waals surface area contributed by atoms with Crippen LogP contribution >= 0.6 is 0 Å². The Morgan fingerprint density at radius 3 is 2.50 bits per heavy atom. The van der Waals surface area contributed by atoms with Crippen molar-refractivity contribution < 1.29 is 32.2 Å². The highest BCUT2D eigenvalue weighted by Gasteiger charge is 2.40. The first-order chi connectivity index (χ1) is 12.2. The molecule has 0 saturated carbocycles. The lowest BCUT2D eigenvalue weighted by Gasteiger charge is -2.14. The Kier molecular flexibility index (Phi) is 5.91. The number of alkyl halides is 3. The summed E-state index contributed by atoms with van der Waals surface area (Å²) in [6.07, 6.45) is -4.95. The van der Waals surface area contributed by atoms with Gasteiger partial charge in [-0.25, -0.2) is 4.79 Å². The van der Waals surface area contributed by atoms with Gasteiger partial charge in [-0.3, -0.25) is 5.41 Å². The number of benzene rings is 2. The second kappa shape index (κ2) is 7.94. The molecule has 0 bridgehead atoms. The fourth-order valence-corrected chi connectivity index (χ4v) is 2.23. The summed E-state index contributed by atoms with van der Waals surface area (Å²) < 4.78 is 51.2.